The second-order valence-corrected chi connectivity index (χ2v) is 6.72. The molecule has 1 saturated heterocycles. The Labute approximate surface area is 114 Å². The molecule has 0 radical (unpaired) electrons. The second-order valence-electron chi connectivity index (χ2n) is 5.01. The number of nitrogens with one attached hydrogen (secondary N) is 2. The molecule has 1 aliphatic rings. The van der Waals surface area contributed by atoms with Crippen LogP contribution in [-0.4, -0.2) is 33.7 Å². The van der Waals surface area contributed by atoms with E-state index in [1.165, 1.54) is 0 Å². The maximum Gasteiger partial charge on any atom is 0.240 e. The SMILES string of the molecule is CC(C)NS(=O)(=O)c1ccc(NC2CCOC2)cc1. The quantitative estimate of drug-likeness (QED) is 0.861. The highest BCUT2D eigenvalue weighted by Gasteiger charge is 2.17. The average molecular weight is 284 g/mol. The van der Waals surface area contributed by atoms with Gasteiger partial charge < -0.3 is 10.1 Å². The lowest BCUT2D eigenvalue weighted by Gasteiger charge is -2.13. The van der Waals surface area contributed by atoms with E-state index in [1.54, 1.807) is 38.1 Å². The maximum atomic E-state index is 11.9. The minimum atomic E-state index is -3.41. The van der Waals surface area contributed by atoms with Crippen LogP contribution in [0.25, 0.3) is 0 Å². The van der Waals surface area contributed by atoms with Crippen molar-refractivity contribution in [2.75, 3.05) is 18.5 Å². The van der Waals surface area contributed by atoms with Gasteiger partial charge in [-0.2, -0.15) is 0 Å². The van der Waals surface area contributed by atoms with Gasteiger partial charge in [-0.3, -0.25) is 0 Å². The van der Waals surface area contributed by atoms with E-state index in [4.69, 9.17) is 4.74 Å². The Morgan fingerprint density at radius 3 is 2.47 bits per heavy atom. The third-order valence-corrected chi connectivity index (χ3v) is 4.53. The zero-order valence-corrected chi connectivity index (χ0v) is 12.0. The molecule has 0 aliphatic carbocycles. The second kappa shape index (κ2) is 5.90. The van der Waals surface area contributed by atoms with Crippen LogP contribution in [0, 0.1) is 0 Å². The summed E-state index contributed by atoms with van der Waals surface area (Å²) in [5, 5.41) is 3.32. The molecule has 1 aromatic rings. The minimum Gasteiger partial charge on any atom is -0.380 e. The number of benzene rings is 1. The van der Waals surface area contributed by atoms with Crippen molar-refractivity contribution in [1.82, 2.24) is 4.72 Å². The van der Waals surface area contributed by atoms with Gasteiger partial charge in [0.1, 0.15) is 0 Å². The number of hydrogen-bond acceptors (Lipinski definition) is 4. The molecule has 0 saturated carbocycles. The van der Waals surface area contributed by atoms with E-state index >= 15 is 0 Å². The van der Waals surface area contributed by atoms with Crippen molar-refractivity contribution < 1.29 is 13.2 Å². The number of hydrogen-bond donors (Lipinski definition) is 2. The summed E-state index contributed by atoms with van der Waals surface area (Å²) in [5.74, 6) is 0. The third-order valence-electron chi connectivity index (χ3n) is 2.86. The van der Waals surface area contributed by atoms with Crippen molar-refractivity contribution in [1.29, 1.82) is 0 Å². The van der Waals surface area contributed by atoms with Crippen LogP contribution in [0.15, 0.2) is 29.2 Å². The van der Waals surface area contributed by atoms with Gasteiger partial charge in [0.2, 0.25) is 10.0 Å². The zero-order chi connectivity index (χ0) is 13.9. The Morgan fingerprint density at radius 2 is 1.95 bits per heavy atom. The molecule has 6 heteroatoms. The van der Waals surface area contributed by atoms with Crippen LogP contribution in [0.4, 0.5) is 5.69 Å². The summed E-state index contributed by atoms with van der Waals surface area (Å²) in [6, 6.07) is 7.00. The van der Waals surface area contributed by atoms with Crippen LogP contribution in [0.5, 0.6) is 0 Å². The fraction of sp³-hybridized carbons (Fsp3) is 0.538. The fourth-order valence-corrected chi connectivity index (χ4v) is 3.24. The molecule has 0 aromatic heterocycles. The molecule has 0 amide bonds. The summed E-state index contributed by atoms with van der Waals surface area (Å²) in [5.41, 5.74) is 0.916. The standard InChI is InChI=1S/C13H20N2O3S/c1-10(2)15-19(16,17)13-5-3-11(4-6-13)14-12-7-8-18-9-12/h3-6,10,12,14-15H,7-9H2,1-2H3. The van der Waals surface area contributed by atoms with Gasteiger partial charge in [-0.1, -0.05) is 0 Å². The lowest BCUT2D eigenvalue weighted by Crippen LogP contribution is -2.30. The molecule has 106 valence electrons. The van der Waals surface area contributed by atoms with Gasteiger partial charge in [-0.25, -0.2) is 13.1 Å². The van der Waals surface area contributed by atoms with Crippen molar-refractivity contribution in [2.45, 2.75) is 37.2 Å². The van der Waals surface area contributed by atoms with Crippen LogP contribution in [0.1, 0.15) is 20.3 Å². The van der Waals surface area contributed by atoms with Gasteiger partial charge in [0.25, 0.3) is 0 Å². The van der Waals surface area contributed by atoms with E-state index in [1.807, 2.05) is 0 Å². The predicted octanol–water partition coefficient (Wildman–Crippen LogP) is 1.57. The Morgan fingerprint density at radius 1 is 1.26 bits per heavy atom. The predicted molar refractivity (Wildman–Crippen MR) is 74.7 cm³/mol. The highest BCUT2D eigenvalue weighted by molar-refractivity contribution is 7.89. The molecular weight excluding hydrogens is 264 g/mol. The number of sulfonamides is 1. The lowest BCUT2D eigenvalue weighted by atomic mass is 10.2. The summed E-state index contributed by atoms with van der Waals surface area (Å²) in [6.45, 7) is 5.08. The third kappa shape index (κ3) is 3.92. The molecule has 1 aromatic carbocycles. The molecule has 1 fully saturated rings. The highest BCUT2D eigenvalue weighted by atomic mass is 32.2. The number of anilines is 1. The molecule has 2 N–H and O–H groups in total. The van der Waals surface area contributed by atoms with Crippen molar-refractivity contribution in [3.63, 3.8) is 0 Å². The first kappa shape index (κ1) is 14.3. The van der Waals surface area contributed by atoms with Gasteiger partial charge in [0, 0.05) is 18.3 Å². The molecule has 1 unspecified atom stereocenters. The van der Waals surface area contributed by atoms with Crippen molar-refractivity contribution in [3.8, 4) is 0 Å². The smallest absolute Gasteiger partial charge is 0.240 e. The first-order valence-corrected chi connectivity index (χ1v) is 7.92. The van der Waals surface area contributed by atoms with E-state index in [-0.39, 0.29) is 10.9 Å². The molecular formula is C13H20N2O3S. The fourth-order valence-electron chi connectivity index (χ4n) is 1.99. The Kier molecular flexibility index (Phi) is 4.44. The van der Waals surface area contributed by atoms with E-state index in [9.17, 15) is 8.42 Å². The van der Waals surface area contributed by atoms with E-state index < -0.39 is 10.0 Å². The van der Waals surface area contributed by atoms with E-state index in [0.29, 0.717) is 12.6 Å². The largest absolute Gasteiger partial charge is 0.380 e. The molecule has 1 aliphatic heterocycles. The first-order valence-electron chi connectivity index (χ1n) is 6.44. The maximum absolute atomic E-state index is 11.9. The van der Waals surface area contributed by atoms with Crippen molar-refractivity contribution in [2.24, 2.45) is 0 Å². The monoisotopic (exact) mass is 284 g/mol. The lowest BCUT2D eigenvalue weighted by molar-refractivity contribution is 0.195. The first-order chi connectivity index (χ1) is 8.97. The summed E-state index contributed by atoms with van der Waals surface area (Å²) < 4.78 is 31.7. The highest BCUT2D eigenvalue weighted by Crippen LogP contribution is 2.17. The Hall–Kier alpha value is -1.11. The molecule has 0 bridgehead atoms. The molecule has 1 heterocycles. The molecule has 5 nitrogen and oxygen atoms in total. The molecule has 19 heavy (non-hydrogen) atoms. The molecule has 1 atom stereocenters. The van der Waals surface area contributed by atoms with Crippen LogP contribution < -0.4 is 10.0 Å². The molecule has 2 rings (SSSR count). The topological polar surface area (TPSA) is 67.4 Å². The summed E-state index contributed by atoms with van der Waals surface area (Å²) in [4.78, 5) is 0.287. The normalized spacial score (nSPS) is 19.8. The van der Waals surface area contributed by atoms with Crippen LogP contribution in [0.3, 0.4) is 0 Å². The minimum absolute atomic E-state index is 0.113. The zero-order valence-electron chi connectivity index (χ0n) is 11.2. The summed E-state index contributed by atoms with van der Waals surface area (Å²) in [6.07, 6.45) is 0.981. The van der Waals surface area contributed by atoms with Crippen LogP contribution >= 0.6 is 0 Å². The van der Waals surface area contributed by atoms with Crippen LogP contribution in [-0.2, 0) is 14.8 Å². The van der Waals surface area contributed by atoms with Gasteiger partial charge in [0.05, 0.1) is 17.5 Å². The summed E-state index contributed by atoms with van der Waals surface area (Å²) in [7, 11) is -3.41. The van der Waals surface area contributed by atoms with Gasteiger partial charge in [0.15, 0.2) is 0 Å². The Bertz CT molecular complexity index is 505. The number of rotatable bonds is 5. The van der Waals surface area contributed by atoms with Crippen molar-refractivity contribution >= 4 is 15.7 Å². The Balaban J connectivity index is 2.05. The number of ether oxygens (including phenoxy) is 1. The average Bonchev–Trinajstić information content (AvgIpc) is 2.81. The van der Waals surface area contributed by atoms with E-state index in [0.717, 1.165) is 18.7 Å². The van der Waals surface area contributed by atoms with Gasteiger partial charge >= 0.3 is 0 Å². The summed E-state index contributed by atoms with van der Waals surface area (Å²) >= 11 is 0. The van der Waals surface area contributed by atoms with E-state index in [2.05, 4.69) is 10.0 Å². The molecule has 0 spiro atoms. The van der Waals surface area contributed by atoms with Gasteiger partial charge in [-0.05, 0) is 44.5 Å². The van der Waals surface area contributed by atoms with Crippen LogP contribution in [0.2, 0.25) is 0 Å². The van der Waals surface area contributed by atoms with Gasteiger partial charge in [-0.15, -0.1) is 0 Å². The van der Waals surface area contributed by atoms with Crippen molar-refractivity contribution in [3.05, 3.63) is 24.3 Å².